The number of primary amides is 1. The summed E-state index contributed by atoms with van der Waals surface area (Å²) in [7, 11) is 0. The van der Waals surface area contributed by atoms with E-state index in [2.05, 4.69) is 20.9 Å². The minimum atomic E-state index is -1.11. The molecule has 0 aliphatic carbocycles. The Labute approximate surface area is 185 Å². The van der Waals surface area contributed by atoms with Crippen LogP contribution < -0.4 is 10.6 Å². The zero-order valence-electron chi connectivity index (χ0n) is 15.2. The number of nitrogens with two attached hydrogens (primary N) is 1. The van der Waals surface area contributed by atoms with Crippen molar-refractivity contribution in [3.8, 4) is 0 Å². The Hall–Kier alpha value is -2.35. The average molecular weight is 494 g/mol. The third-order valence-electron chi connectivity index (χ3n) is 4.92. The van der Waals surface area contributed by atoms with Crippen molar-refractivity contribution in [1.29, 1.82) is 0 Å². The van der Waals surface area contributed by atoms with Gasteiger partial charge >= 0.3 is 0 Å². The lowest BCUT2D eigenvalue weighted by atomic mass is 9.91. The predicted molar refractivity (Wildman–Crippen MR) is 116 cm³/mol. The smallest absolute Gasteiger partial charge is 0.267 e. The molecule has 2 heterocycles. The van der Waals surface area contributed by atoms with E-state index in [4.69, 9.17) is 28.9 Å². The van der Waals surface area contributed by atoms with E-state index in [0.29, 0.717) is 28.1 Å². The number of halogens is 3. The second kappa shape index (κ2) is 7.16. The van der Waals surface area contributed by atoms with Gasteiger partial charge in [0.2, 0.25) is 5.95 Å². The number of imidazole rings is 1. The van der Waals surface area contributed by atoms with E-state index in [1.807, 2.05) is 24.3 Å². The molecule has 1 aromatic heterocycles. The minimum absolute atomic E-state index is 0.156. The van der Waals surface area contributed by atoms with Gasteiger partial charge < -0.3 is 5.73 Å². The fraction of sp³-hybridized carbons (Fsp3) is 0.150. The molecule has 3 aromatic rings. The summed E-state index contributed by atoms with van der Waals surface area (Å²) >= 11 is 15.7. The molecule has 0 spiro atoms. The maximum atomic E-state index is 13.6. The quantitative estimate of drug-likeness (QED) is 0.572. The van der Waals surface area contributed by atoms with E-state index in [1.165, 1.54) is 11.1 Å². The zero-order valence-corrected chi connectivity index (χ0v) is 18.3. The van der Waals surface area contributed by atoms with Crippen LogP contribution in [0.3, 0.4) is 0 Å². The average Bonchev–Trinajstić information content (AvgIpc) is 3.16. The molecule has 2 amide bonds. The van der Waals surface area contributed by atoms with Gasteiger partial charge in [-0.05, 0) is 42.8 Å². The minimum Gasteiger partial charge on any atom is -0.364 e. The van der Waals surface area contributed by atoms with Crippen LogP contribution in [0, 0.1) is 0 Å². The Bertz CT molecular complexity index is 1130. The van der Waals surface area contributed by atoms with E-state index in [1.54, 1.807) is 29.7 Å². The van der Waals surface area contributed by atoms with Crippen molar-refractivity contribution in [2.75, 3.05) is 4.90 Å². The summed E-state index contributed by atoms with van der Waals surface area (Å²) in [5.41, 5.74) is 6.00. The van der Waals surface area contributed by atoms with Gasteiger partial charge in [0.25, 0.3) is 11.8 Å². The van der Waals surface area contributed by atoms with Gasteiger partial charge in [-0.1, -0.05) is 51.3 Å². The number of carbonyl (C=O) groups is 2. The van der Waals surface area contributed by atoms with Crippen LogP contribution in [0.1, 0.15) is 23.0 Å². The molecule has 0 radical (unpaired) electrons. The summed E-state index contributed by atoms with van der Waals surface area (Å²) in [6, 6.07) is 12.5. The molecule has 2 aromatic carbocycles. The second-order valence-electron chi connectivity index (χ2n) is 6.99. The maximum absolute atomic E-state index is 13.6. The summed E-state index contributed by atoms with van der Waals surface area (Å²) in [5.74, 6) is -0.629. The first-order valence-electron chi connectivity index (χ1n) is 8.64. The van der Waals surface area contributed by atoms with Crippen LogP contribution >= 0.6 is 39.1 Å². The SMILES string of the molecule is C[C@@]1(Cc2ccc(Br)cc2)C(=O)N(c2cc(Cl)cc(Cl)c2)c2ncc(C(N)=O)n21. The predicted octanol–water partition coefficient (Wildman–Crippen LogP) is 4.69. The standard InChI is InChI=1S/C20H15BrCl2N4O2/c1-20(9-11-2-4-12(21)5-3-11)18(29)26(15-7-13(22)6-14(23)8-15)19-25-10-16(17(24)28)27(19)20/h2-8,10H,9H2,1H3,(H2,24,28)/t20-/m1/s1. The number of aromatic nitrogens is 2. The van der Waals surface area contributed by atoms with Crippen molar-refractivity contribution in [1.82, 2.24) is 9.55 Å². The lowest BCUT2D eigenvalue weighted by Crippen LogP contribution is -2.42. The number of amides is 2. The van der Waals surface area contributed by atoms with Crippen molar-refractivity contribution in [2.24, 2.45) is 5.73 Å². The molecule has 2 N–H and O–H groups in total. The topological polar surface area (TPSA) is 81.2 Å². The molecule has 9 heteroatoms. The molecule has 0 fully saturated rings. The largest absolute Gasteiger partial charge is 0.364 e. The molecule has 29 heavy (non-hydrogen) atoms. The Morgan fingerprint density at radius 3 is 2.38 bits per heavy atom. The van der Waals surface area contributed by atoms with Crippen molar-refractivity contribution >= 4 is 62.6 Å². The molecule has 0 bridgehead atoms. The Kier molecular flexibility index (Phi) is 4.93. The Morgan fingerprint density at radius 1 is 1.17 bits per heavy atom. The first kappa shape index (κ1) is 19.9. The van der Waals surface area contributed by atoms with Crippen molar-refractivity contribution in [3.63, 3.8) is 0 Å². The summed E-state index contributed by atoms with van der Waals surface area (Å²) in [6.45, 7) is 1.77. The van der Waals surface area contributed by atoms with Crippen LogP contribution in [0.15, 0.2) is 53.1 Å². The number of hydrogen-bond donors (Lipinski definition) is 1. The summed E-state index contributed by atoms with van der Waals surface area (Å²) in [4.78, 5) is 31.4. The number of benzene rings is 2. The fourth-order valence-corrected chi connectivity index (χ4v) is 4.42. The van der Waals surface area contributed by atoms with Gasteiger partial charge in [-0.15, -0.1) is 0 Å². The van der Waals surface area contributed by atoms with Crippen LogP contribution in [0.25, 0.3) is 0 Å². The van der Waals surface area contributed by atoms with E-state index in [-0.39, 0.29) is 11.6 Å². The molecule has 6 nitrogen and oxygen atoms in total. The summed E-state index contributed by atoms with van der Waals surface area (Å²) in [5, 5.41) is 0.769. The molecule has 0 saturated carbocycles. The van der Waals surface area contributed by atoms with Gasteiger partial charge in [0.1, 0.15) is 11.2 Å². The van der Waals surface area contributed by atoms with Gasteiger partial charge in [0.15, 0.2) is 0 Å². The number of fused-ring (bicyclic) bond motifs is 1. The number of rotatable bonds is 4. The molecular weight excluding hydrogens is 479 g/mol. The zero-order chi connectivity index (χ0) is 20.9. The lowest BCUT2D eigenvalue weighted by Gasteiger charge is -2.26. The van der Waals surface area contributed by atoms with E-state index in [0.717, 1.165) is 10.0 Å². The molecule has 1 aliphatic rings. The summed E-state index contributed by atoms with van der Waals surface area (Å²) < 4.78 is 2.52. The van der Waals surface area contributed by atoms with Crippen LogP contribution in [-0.2, 0) is 16.8 Å². The number of anilines is 2. The van der Waals surface area contributed by atoms with Crippen LogP contribution in [0.2, 0.25) is 10.0 Å². The van der Waals surface area contributed by atoms with E-state index in [9.17, 15) is 9.59 Å². The van der Waals surface area contributed by atoms with Gasteiger partial charge in [-0.2, -0.15) is 0 Å². The molecule has 1 aliphatic heterocycles. The molecule has 4 rings (SSSR count). The lowest BCUT2D eigenvalue weighted by molar-refractivity contribution is -0.123. The monoisotopic (exact) mass is 492 g/mol. The van der Waals surface area contributed by atoms with Crippen LogP contribution in [0.4, 0.5) is 11.6 Å². The number of hydrogen-bond acceptors (Lipinski definition) is 3. The highest BCUT2D eigenvalue weighted by atomic mass is 79.9. The van der Waals surface area contributed by atoms with Crippen molar-refractivity contribution < 1.29 is 9.59 Å². The molecule has 148 valence electrons. The Balaban J connectivity index is 1.89. The van der Waals surface area contributed by atoms with Gasteiger partial charge in [0, 0.05) is 20.9 Å². The highest BCUT2D eigenvalue weighted by Gasteiger charge is 2.50. The first-order chi connectivity index (χ1) is 13.7. The van der Waals surface area contributed by atoms with Crippen molar-refractivity contribution in [2.45, 2.75) is 18.9 Å². The highest BCUT2D eigenvalue weighted by molar-refractivity contribution is 9.10. The van der Waals surface area contributed by atoms with Gasteiger partial charge in [-0.3, -0.25) is 14.2 Å². The summed E-state index contributed by atoms with van der Waals surface area (Å²) in [6.07, 6.45) is 1.72. The molecule has 0 unspecified atom stereocenters. The normalized spacial score (nSPS) is 18.2. The third kappa shape index (κ3) is 3.33. The molecular formula is C20H15BrCl2N4O2. The molecule has 0 saturated heterocycles. The van der Waals surface area contributed by atoms with Crippen LogP contribution in [-0.4, -0.2) is 21.4 Å². The second-order valence-corrected chi connectivity index (χ2v) is 8.78. The number of nitrogens with zero attached hydrogens (tertiary/aromatic N) is 3. The number of carbonyl (C=O) groups excluding carboxylic acids is 2. The van der Waals surface area contributed by atoms with E-state index < -0.39 is 11.4 Å². The fourth-order valence-electron chi connectivity index (χ4n) is 3.64. The van der Waals surface area contributed by atoms with Crippen molar-refractivity contribution in [3.05, 3.63) is 74.4 Å². The maximum Gasteiger partial charge on any atom is 0.267 e. The molecule has 1 atom stereocenters. The Morgan fingerprint density at radius 2 is 1.79 bits per heavy atom. The first-order valence-corrected chi connectivity index (χ1v) is 10.2. The van der Waals surface area contributed by atoms with Gasteiger partial charge in [-0.25, -0.2) is 9.88 Å². The third-order valence-corrected chi connectivity index (χ3v) is 5.89. The van der Waals surface area contributed by atoms with Gasteiger partial charge in [0.05, 0.1) is 11.9 Å². The van der Waals surface area contributed by atoms with Crippen LogP contribution in [0.5, 0.6) is 0 Å². The van der Waals surface area contributed by atoms with E-state index >= 15 is 0 Å². The highest BCUT2D eigenvalue weighted by Crippen LogP contribution is 2.43.